The van der Waals surface area contributed by atoms with E-state index >= 15 is 0 Å². The number of halogens is 1. The van der Waals surface area contributed by atoms with Gasteiger partial charge in [-0.15, -0.1) is 0 Å². The van der Waals surface area contributed by atoms with E-state index in [1.807, 2.05) is 45.0 Å². The molecule has 2 rings (SSSR count). The maximum atomic E-state index is 12.0. The normalized spacial score (nSPS) is 10.5. The van der Waals surface area contributed by atoms with Crippen LogP contribution >= 0.6 is 15.9 Å². The third-order valence-corrected chi connectivity index (χ3v) is 3.36. The van der Waals surface area contributed by atoms with Crippen LogP contribution in [0.15, 0.2) is 28.7 Å². The molecule has 100 valence electrons. The standard InChI is InChI=1S/C14H16BrN3O/c1-9-4-5-12(15)7-13(9)16-14(19)8-18-11(3)6-10(2)17-18/h4-7H,8H2,1-3H3,(H,16,19). The Bertz CT molecular complexity index is 619. The van der Waals surface area contributed by atoms with E-state index in [1.165, 1.54) is 0 Å². The Morgan fingerprint density at radius 3 is 2.68 bits per heavy atom. The lowest BCUT2D eigenvalue weighted by Crippen LogP contribution is -2.20. The number of hydrogen-bond acceptors (Lipinski definition) is 2. The van der Waals surface area contributed by atoms with Gasteiger partial charge >= 0.3 is 0 Å². The van der Waals surface area contributed by atoms with Gasteiger partial charge in [-0.25, -0.2) is 0 Å². The fourth-order valence-corrected chi connectivity index (χ4v) is 2.25. The van der Waals surface area contributed by atoms with Crippen LogP contribution < -0.4 is 5.32 Å². The first-order valence-electron chi connectivity index (χ1n) is 6.03. The summed E-state index contributed by atoms with van der Waals surface area (Å²) in [5.41, 5.74) is 3.76. The molecule has 0 radical (unpaired) electrons. The predicted octanol–water partition coefficient (Wildman–Crippen LogP) is 3.21. The zero-order valence-corrected chi connectivity index (χ0v) is 12.8. The monoisotopic (exact) mass is 321 g/mol. The van der Waals surface area contributed by atoms with Crippen LogP contribution in [0.2, 0.25) is 0 Å². The third kappa shape index (κ3) is 3.44. The van der Waals surface area contributed by atoms with Crippen molar-refractivity contribution in [1.82, 2.24) is 9.78 Å². The Balaban J connectivity index is 2.09. The molecular formula is C14H16BrN3O. The number of aryl methyl sites for hydroxylation is 3. The fourth-order valence-electron chi connectivity index (χ4n) is 1.89. The highest BCUT2D eigenvalue weighted by molar-refractivity contribution is 9.10. The topological polar surface area (TPSA) is 46.9 Å². The van der Waals surface area contributed by atoms with Gasteiger partial charge in [0, 0.05) is 15.9 Å². The number of benzene rings is 1. The van der Waals surface area contributed by atoms with Crippen molar-refractivity contribution in [3.8, 4) is 0 Å². The lowest BCUT2D eigenvalue weighted by molar-refractivity contribution is -0.116. The highest BCUT2D eigenvalue weighted by atomic mass is 79.9. The average Bonchev–Trinajstić information content (AvgIpc) is 2.62. The highest BCUT2D eigenvalue weighted by Gasteiger charge is 2.09. The Morgan fingerprint density at radius 1 is 1.32 bits per heavy atom. The van der Waals surface area contributed by atoms with Crippen LogP contribution in [0.3, 0.4) is 0 Å². The van der Waals surface area contributed by atoms with Crippen molar-refractivity contribution < 1.29 is 4.79 Å². The number of rotatable bonds is 3. The second-order valence-electron chi connectivity index (χ2n) is 4.59. The summed E-state index contributed by atoms with van der Waals surface area (Å²) < 4.78 is 2.65. The number of anilines is 1. The molecule has 1 amide bonds. The molecule has 0 aliphatic rings. The summed E-state index contributed by atoms with van der Waals surface area (Å²) in [6, 6.07) is 7.76. The molecule has 1 aromatic heterocycles. The minimum Gasteiger partial charge on any atom is -0.324 e. The molecule has 0 bridgehead atoms. The van der Waals surface area contributed by atoms with Crippen LogP contribution in [-0.2, 0) is 11.3 Å². The molecule has 0 unspecified atom stereocenters. The predicted molar refractivity (Wildman–Crippen MR) is 79.2 cm³/mol. The Morgan fingerprint density at radius 2 is 2.05 bits per heavy atom. The molecule has 0 fully saturated rings. The number of carbonyl (C=O) groups excluding carboxylic acids is 1. The van der Waals surface area contributed by atoms with Gasteiger partial charge in [0.1, 0.15) is 6.54 Å². The molecule has 1 heterocycles. The molecule has 0 aliphatic carbocycles. The van der Waals surface area contributed by atoms with E-state index in [9.17, 15) is 4.79 Å². The molecule has 19 heavy (non-hydrogen) atoms. The maximum Gasteiger partial charge on any atom is 0.246 e. The van der Waals surface area contributed by atoms with Crippen LogP contribution in [0.25, 0.3) is 0 Å². The molecule has 5 heteroatoms. The van der Waals surface area contributed by atoms with Gasteiger partial charge in [0.2, 0.25) is 5.91 Å². The van der Waals surface area contributed by atoms with Crippen molar-refractivity contribution in [2.75, 3.05) is 5.32 Å². The third-order valence-electron chi connectivity index (χ3n) is 2.87. The number of carbonyl (C=O) groups is 1. The molecule has 0 atom stereocenters. The Kier molecular flexibility index (Phi) is 4.04. The van der Waals surface area contributed by atoms with Crippen LogP contribution in [0.5, 0.6) is 0 Å². The van der Waals surface area contributed by atoms with Gasteiger partial charge in [-0.3, -0.25) is 9.48 Å². The lowest BCUT2D eigenvalue weighted by Gasteiger charge is -2.09. The number of amides is 1. The number of nitrogens with zero attached hydrogens (tertiary/aromatic N) is 2. The molecule has 0 aliphatic heterocycles. The van der Waals surface area contributed by atoms with Gasteiger partial charge in [0.05, 0.1) is 5.69 Å². The van der Waals surface area contributed by atoms with Crippen LogP contribution in [-0.4, -0.2) is 15.7 Å². The Hall–Kier alpha value is -1.62. The van der Waals surface area contributed by atoms with E-state index in [1.54, 1.807) is 4.68 Å². The van der Waals surface area contributed by atoms with Gasteiger partial charge in [0.25, 0.3) is 0 Å². The molecule has 0 spiro atoms. The van der Waals surface area contributed by atoms with Crippen LogP contribution in [0.1, 0.15) is 17.0 Å². The molecule has 0 saturated carbocycles. The van der Waals surface area contributed by atoms with Crippen molar-refractivity contribution in [3.05, 3.63) is 45.7 Å². The average molecular weight is 322 g/mol. The van der Waals surface area contributed by atoms with Gasteiger partial charge in [0.15, 0.2) is 0 Å². The molecular weight excluding hydrogens is 306 g/mol. The summed E-state index contributed by atoms with van der Waals surface area (Å²) in [5.74, 6) is -0.0765. The highest BCUT2D eigenvalue weighted by Crippen LogP contribution is 2.20. The fraction of sp³-hybridized carbons (Fsp3) is 0.286. The second kappa shape index (κ2) is 5.57. The van der Waals surface area contributed by atoms with Crippen molar-refractivity contribution in [1.29, 1.82) is 0 Å². The second-order valence-corrected chi connectivity index (χ2v) is 5.51. The summed E-state index contributed by atoms with van der Waals surface area (Å²) in [5, 5.41) is 7.18. The van der Waals surface area contributed by atoms with Gasteiger partial charge in [-0.2, -0.15) is 5.10 Å². The molecule has 1 aromatic carbocycles. The quantitative estimate of drug-likeness (QED) is 0.943. The minimum absolute atomic E-state index is 0.0765. The van der Waals surface area contributed by atoms with E-state index in [0.29, 0.717) is 0 Å². The number of hydrogen-bond donors (Lipinski definition) is 1. The van der Waals surface area contributed by atoms with E-state index in [-0.39, 0.29) is 12.5 Å². The van der Waals surface area contributed by atoms with Crippen LogP contribution in [0.4, 0.5) is 5.69 Å². The summed E-state index contributed by atoms with van der Waals surface area (Å²) >= 11 is 3.40. The van der Waals surface area contributed by atoms with Gasteiger partial charge in [-0.1, -0.05) is 22.0 Å². The molecule has 0 saturated heterocycles. The lowest BCUT2D eigenvalue weighted by atomic mass is 10.2. The van der Waals surface area contributed by atoms with Crippen molar-refractivity contribution in [3.63, 3.8) is 0 Å². The van der Waals surface area contributed by atoms with E-state index in [0.717, 1.165) is 27.1 Å². The van der Waals surface area contributed by atoms with Crippen LogP contribution in [0, 0.1) is 20.8 Å². The van der Waals surface area contributed by atoms with Gasteiger partial charge in [-0.05, 0) is 44.5 Å². The van der Waals surface area contributed by atoms with Crippen molar-refractivity contribution >= 4 is 27.5 Å². The SMILES string of the molecule is Cc1cc(C)n(CC(=O)Nc2cc(Br)ccc2C)n1. The first-order valence-corrected chi connectivity index (χ1v) is 6.82. The van der Waals surface area contributed by atoms with E-state index in [2.05, 4.69) is 26.3 Å². The molecule has 4 nitrogen and oxygen atoms in total. The first kappa shape index (κ1) is 13.8. The summed E-state index contributed by atoms with van der Waals surface area (Å²) in [7, 11) is 0. The zero-order chi connectivity index (χ0) is 14.0. The zero-order valence-electron chi connectivity index (χ0n) is 11.2. The first-order chi connectivity index (χ1) is 8.95. The molecule has 1 N–H and O–H groups in total. The Labute approximate surface area is 120 Å². The van der Waals surface area contributed by atoms with Gasteiger partial charge < -0.3 is 5.32 Å². The van der Waals surface area contributed by atoms with E-state index in [4.69, 9.17) is 0 Å². The smallest absolute Gasteiger partial charge is 0.246 e. The maximum absolute atomic E-state index is 12.0. The number of aromatic nitrogens is 2. The van der Waals surface area contributed by atoms with Crippen molar-refractivity contribution in [2.24, 2.45) is 0 Å². The summed E-state index contributed by atoms with van der Waals surface area (Å²) in [6.07, 6.45) is 0. The number of nitrogens with one attached hydrogen (secondary N) is 1. The summed E-state index contributed by atoms with van der Waals surface area (Å²) in [6.45, 7) is 6.05. The van der Waals surface area contributed by atoms with Crippen molar-refractivity contribution in [2.45, 2.75) is 27.3 Å². The minimum atomic E-state index is -0.0765. The summed E-state index contributed by atoms with van der Waals surface area (Å²) in [4.78, 5) is 12.0. The van der Waals surface area contributed by atoms with E-state index < -0.39 is 0 Å². The molecule has 2 aromatic rings. The largest absolute Gasteiger partial charge is 0.324 e.